The maximum atomic E-state index is 12.6. The minimum absolute atomic E-state index is 0.0436. The average Bonchev–Trinajstić information content (AvgIpc) is 2.82. The third-order valence-corrected chi connectivity index (χ3v) is 5.38. The van der Waals surface area contributed by atoms with Gasteiger partial charge in [-0.2, -0.15) is 0 Å². The van der Waals surface area contributed by atoms with Crippen LogP contribution in [0.25, 0.3) is 0 Å². The number of benzene rings is 2. The van der Waals surface area contributed by atoms with Gasteiger partial charge in [0, 0.05) is 19.0 Å². The summed E-state index contributed by atoms with van der Waals surface area (Å²) in [5.41, 5.74) is 2.08. The Balaban J connectivity index is 1.38. The fourth-order valence-electron chi connectivity index (χ4n) is 3.67. The normalized spacial score (nSPS) is 16.4. The van der Waals surface area contributed by atoms with Gasteiger partial charge in [-0.3, -0.25) is 4.79 Å². The lowest BCUT2D eigenvalue weighted by molar-refractivity contribution is -0.115. The number of nitrogens with zero attached hydrogens (tertiary/aromatic N) is 1. The van der Waals surface area contributed by atoms with Crippen LogP contribution >= 0.6 is 0 Å². The molecule has 0 N–H and O–H groups in total. The predicted octanol–water partition coefficient (Wildman–Crippen LogP) is 5.30. The summed E-state index contributed by atoms with van der Waals surface area (Å²) in [7, 11) is 0. The molecule has 1 fully saturated rings. The molecule has 5 nitrogen and oxygen atoms in total. The number of piperidine rings is 1. The topological polar surface area (TPSA) is 55.8 Å². The van der Waals surface area contributed by atoms with Crippen molar-refractivity contribution in [3.05, 3.63) is 83.9 Å². The molecule has 0 radical (unpaired) electrons. The van der Waals surface area contributed by atoms with Crippen molar-refractivity contribution in [3.8, 4) is 0 Å². The van der Waals surface area contributed by atoms with Crippen LogP contribution < -0.4 is 0 Å². The molecule has 3 rings (SSSR count). The third-order valence-electron chi connectivity index (χ3n) is 5.38. The van der Waals surface area contributed by atoms with Gasteiger partial charge in [0.2, 0.25) is 0 Å². The Morgan fingerprint density at radius 3 is 2.32 bits per heavy atom. The van der Waals surface area contributed by atoms with Gasteiger partial charge in [0.1, 0.15) is 6.61 Å². The van der Waals surface area contributed by atoms with Crippen LogP contribution in [0, 0.1) is 0 Å². The van der Waals surface area contributed by atoms with E-state index in [-0.39, 0.29) is 24.5 Å². The van der Waals surface area contributed by atoms with Crippen LogP contribution in [0.4, 0.5) is 4.79 Å². The second kappa shape index (κ2) is 12.7. The summed E-state index contributed by atoms with van der Waals surface area (Å²) in [6, 6.07) is 19.7. The molecule has 0 spiro atoms. The SMILES string of the molecule is O=C(/C=C/CC1CCCCN1C(=O)OCc1ccccc1)CCOCc1ccccc1. The first-order chi connectivity index (χ1) is 15.2. The van der Waals surface area contributed by atoms with Gasteiger partial charge in [-0.05, 0) is 42.9 Å². The van der Waals surface area contributed by atoms with Crippen molar-refractivity contribution in [3.63, 3.8) is 0 Å². The van der Waals surface area contributed by atoms with E-state index in [0.717, 1.165) is 30.4 Å². The molecule has 1 aliphatic heterocycles. The Morgan fingerprint density at radius 2 is 1.61 bits per heavy atom. The number of rotatable bonds is 10. The smallest absolute Gasteiger partial charge is 0.410 e. The molecule has 1 saturated heterocycles. The zero-order valence-corrected chi connectivity index (χ0v) is 17.9. The van der Waals surface area contributed by atoms with Crippen molar-refractivity contribution in [1.29, 1.82) is 0 Å². The van der Waals surface area contributed by atoms with E-state index < -0.39 is 0 Å². The second-order valence-electron chi connectivity index (χ2n) is 7.78. The first-order valence-corrected chi connectivity index (χ1v) is 11.0. The standard InChI is InChI=1S/C26H31NO4/c28-25(17-19-30-20-22-10-3-1-4-11-22)16-9-15-24-14-7-8-18-27(24)26(29)31-21-23-12-5-2-6-13-23/h1-6,9-13,16,24H,7-8,14-15,17-21H2/b16-9+. The largest absolute Gasteiger partial charge is 0.445 e. The quantitative estimate of drug-likeness (QED) is 0.386. The molecule has 2 aromatic rings. The van der Waals surface area contributed by atoms with Gasteiger partial charge >= 0.3 is 6.09 Å². The van der Waals surface area contributed by atoms with E-state index in [4.69, 9.17) is 9.47 Å². The molecular formula is C26H31NO4. The Labute approximate surface area is 184 Å². The maximum Gasteiger partial charge on any atom is 0.410 e. The second-order valence-corrected chi connectivity index (χ2v) is 7.78. The Morgan fingerprint density at radius 1 is 0.935 bits per heavy atom. The predicted molar refractivity (Wildman–Crippen MR) is 120 cm³/mol. The lowest BCUT2D eigenvalue weighted by atomic mass is 9.99. The van der Waals surface area contributed by atoms with Crippen molar-refractivity contribution >= 4 is 11.9 Å². The first-order valence-electron chi connectivity index (χ1n) is 11.0. The van der Waals surface area contributed by atoms with Crippen molar-refractivity contribution in [1.82, 2.24) is 4.90 Å². The molecular weight excluding hydrogens is 390 g/mol. The van der Waals surface area contributed by atoms with Gasteiger partial charge in [-0.15, -0.1) is 0 Å². The minimum Gasteiger partial charge on any atom is -0.445 e. The Kier molecular flexibility index (Phi) is 9.32. The molecule has 1 aliphatic rings. The van der Waals surface area contributed by atoms with E-state index in [1.54, 1.807) is 6.08 Å². The zero-order valence-electron chi connectivity index (χ0n) is 17.9. The van der Waals surface area contributed by atoms with Crippen LogP contribution in [0.3, 0.4) is 0 Å². The van der Waals surface area contributed by atoms with Gasteiger partial charge in [0.15, 0.2) is 5.78 Å². The number of hydrogen-bond donors (Lipinski definition) is 0. The number of likely N-dealkylation sites (tertiary alicyclic amines) is 1. The molecule has 1 heterocycles. The number of allylic oxidation sites excluding steroid dienone is 1. The van der Waals surface area contributed by atoms with Crippen LogP contribution in [0.2, 0.25) is 0 Å². The number of ketones is 1. The minimum atomic E-state index is -0.275. The summed E-state index contributed by atoms with van der Waals surface area (Å²) in [4.78, 5) is 26.5. The number of carbonyl (C=O) groups is 2. The highest BCUT2D eigenvalue weighted by atomic mass is 16.6. The maximum absolute atomic E-state index is 12.6. The lowest BCUT2D eigenvalue weighted by Crippen LogP contribution is -2.43. The van der Waals surface area contributed by atoms with Crippen LogP contribution in [0.5, 0.6) is 0 Å². The van der Waals surface area contributed by atoms with E-state index in [1.165, 1.54) is 0 Å². The Bertz CT molecular complexity index is 835. The fraction of sp³-hybridized carbons (Fsp3) is 0.385. The van der Waals surface area contributed by atoms with Crippen molar-refractivity contribution in [2.24, 2.45) is 0 Å². The molecule has 5 heteroatoms. The van der Waals surface area contributed by atoms with Crippen molar-refractivity contribution in [2.75, 3.05) is 13.2 Å². The molecule has 31 heavy (non-hydrogen) atoms. The van der Waals surface area contributed by atoms with Crippen LogP contribution in [-0.2, 0) is 27.5 Å². The lowest BCUT2D eigenvalue weighted by Gasteiger charge is -2.34. The molecule has 164 valence electrons. The van der Waals surface area contributed by atoms with E-state index in [0.29, 0.717) is 32.6 Å². The molecule has 1 atom stereocenters. The molecule has 0 aromatic heterocycles. The van der Waals surface area contributed by atoms with Crippen molar-refractivity contribution in [2.45, 2.75) is 51.4 Å². The summed E-state index contributed by atoms with van der Waals surface area (Å²) < 4.78 is 11.1. The van der Waals surface area contributed by atoms with Crippen molar-refractivity contribution < 1.29 is 19.1 Å². The van der Waals surface area contributed by atoms with E-state index in [1.807, 2.05) is 71.6 Å². The van der Waals surface area contributed by atoms with Crippen LogP contribution in [0.1, 0.15) is 43.2 Å². The third kappa shape index (κ3) is 8.02. The molecule has 0 saturated carbocycles. The van der Waals surface area contributed by atoms with E-state index in [2.05, 4.69) is 0 Å². The summed E-state index contributed by atoms with van der Waals surface area (Å²) in [5, 5.41) is 0. The van der Waals surface area contributed by atoms with Gasteiger partial charge in [-0.1, -0.05) is 66.7 Å². The molecule has 1 amide bonds. The Hall–Kier alpha value is -2.92. The first kappa shape index (κ1) is 22.8. The number of ether oxygens (including phenoxy) is 2. The van der Waals surface area contributed by atoms with Crippen LogP contribution in [0.15, 0.2) is 72.8 Å². The van der Waals surface area contributed by atoms with Crippen LogP contribution in [-0.4, -0.2) is 36.0 Å². The zero-order chi connectivity index (χ0) is 21.7. The highest BCUT2D eigenvalue weighted by Gasteiger charge is 2.27. The molecule has 0 bridgehead atoms. The summed E-state index contributed by atoms with van der Waals surface area (Å²) in [6.45, 7) is 1.90. The molecule has 1 unspecified atom stereocenters. The summed E-state index contributed by atoms with van der Waals surface area (Å²) in [6.07, 6.45) is 7.25. The highest BCUT2D eigenvalue weighted by Crippen LogP contribution is 2.21. The highest BCUT2D eigenvalue weighted by molar-refractivity contribution is 5.89. The number of carbonyl (C=O) groups excluding carboxylic acids is 2. The van der Waals surface area contributed by atoms with Gasteiger partial charge in [0.05, 0.1) is 13.2 Å². The summed E-state index contributed by atoms with van der Waals surface area (Å²) in [5.74, 6) is 0.0436. The van der Waals surface area contributed by atoms with Gasteiger partial charge in [-0.25, -0.2) is 4.79 Å². The van der Waals surface area contributed by atoms with Gasteiger partial charge in [0.25, 0.3) is 0 Å². The number of hydrogen-bond acceptors (Lipinski definition) is 4. The average molecular weight is 422 g/mol. The van der Waals surface area contributed by atoms with Gasteiger partial charge < -0.3 is 14.4 Å². The number of amides is 1. The summed E-state index contributed by atoms with van der Waals surface area (Å²) >= 11 is 0. The fourth-order valence-corrected chi connectivity index (χ4v) is 3.67. The monoisotopic (exact) mass is 421 g/mol. The van der Waals surface area contributed by atoms with E-state index >= 15 is 0 Å². The van der Waals surface area contributed by atoms with E-state index in [9.17, 15) is 9.59 Å². The molecule has 0 aliphatic carbocycles. The molecule has 2 aromatic carbocycles.